The molecule has 1 amide bonds. The number of likely N-dealkylation sites (tertiary alicyclic amines) is 1. The summed E-state index contributed by atoms with van der Waals surface area (Å²) in [5, 5.41) is 11.0. The van der Waals surface area contributed by atoms with Gasteiger partial charge in [0, 0.05) is 11.8 Å². The van der Waals surface area contributed by atoms with E-state index in [4.69, 9.17) is 0 Å². The number of nitrogens with zero attached hydrogens (tertiary/aromatic N) is 2. The number of amides is 1. The number of hydrogen-bond donors (Lipinski definition) is 1. The average Bonchev–Trinajstić information content (AvgIpc) is 3.05. The summed E-state index contributed by atoms with van der Waals surface area (Å²) in [4.78, 5) is 31.8. The monoisotopic (exact) mass is 430 g/mol. The van der Waals surface area contributed by atoms with Crippen molar-refractivity contribution in [2.75, 3.05) is 0 Å². The molecule has 5 nitrogen and oxygen atoms in total. The van der Waals surface area contributed by atoms with Crippen LogP contribution in [0.2, 0.25) is 0 Å². The van der Waals surface area contributed by atoms with E-state index in [0.717, 1.165) is 5.56 Å². The smallest absolute Gasteiger partial charge is 0.296 e. The van der Waals surface area contributed by atoms with E-state index >= 15 is 0 Å². The van der Waals surface area contributed by atoms with Gasteiger partial charge < -0.3 is 10.0 Å². The van der Waals surface area contributed by atoms with Crippen LogP contribution in [0.5, 0.6) is 0 Å². The van der Waals surface area contributed by atoms with E-state index in [9.17, 15) is 19.1 Å². The van der Waals surface area contributed by atoms with Crippen LogP contribution in [0.3, 0.4) is 0 Å². The van der Waals surface area contributed by atoms with Crippen molar-refractivity contribution in [3.05, 3.63) is 107 Å². The zero-order valence-corrected chi connectivity index (χ0v) is 17.8. The normalized spacial score (nSPS) is 17.9. The number of ketones is 1. The maximum Gasteiger partial charge on any atom is 0.296 e. The lowest BCUT2D eigenvalue weighted by molar-refractivity contribution is -0.140. The molecule has 1 aromatic heterocycles. The van der Waals surface area contributed by atoms with Crippen molar-refractivity contribution in [3.8, 4) is 0 Å². The van der Waals surface area contributed by atoms with Gasteiger partial charge in [-0.05, 0) is 53.4 Å². The lowest BCUT2D eigenvalue weighted by atomic mass is 9.93. The summed E-state index contributed by atoms with van der Waals surface area (Å²) in [6.45, 7) is 4.27. The number of aliphatic hydroxyl groups is 1. The number of benzene rings is 2. The van der Waals surface area contributed by atoms with Crippen molar-refractivity contribution in [2.24, 2.45) is 0 Å². The van der Waals surface area contributed by atoms with Gasteiger partial charge in [-0.2, -0.15) is 0 Å². The highest BCUT2D eigenvalue weighted by Crippen LogP contribution is 2.40. The summed E-state index contributed by atoms with van der Waals surface area (Å²) in [6, 6.07) is 17.4. The Morgan fingerprint density at radius 3 is 2.31 bits per heavy atom. The van der Waals surface area contributed by atoms with E-state index in [2.05, 4.69) is 18.8 Å². The van der Waals surface area contributed by atoms with Crippen LogP contribution < -0.4 is 0 Å². The van der Waals surface area contributed by atoms with E-state index in [1.54, 1.807) is 18.3 Å². The zero-order valence-electron chi connectivity index (χ0n) is 17.8. The quantitative estimate of drug-likeness (QED) is 0.353. The molecule has 2 heterocycles. The molecular weight excluding hydrogens is 407 g/mol. The van der Waals surface area contributed by atoms with Crippen molar-refractivity contribution >= 4 is 17.4 Å². The molecule has 0 spiro atoms. The fraction of sp³-hybridized carbons (Fsp3) is 0.192. The number of rotatable bonds is 5. The second kappa shape index (κ2) is 8.75. The minimum Gasteiger partial charge on any atom is -0.507 e. The molecule has 0 radical (unpaired) electrons. The second-order valence-corrected chi connectivity index (χ2v) is 8.08. The molecule has 0 bridgehead atoms. The molecule has 3 aromatic rings. The molecule has 4 rings (SSSR count). The van der Waals surface area contributed by atoms with Crippen LogP contribution >= 0.6 is 0 Å². The number of Topliss-reactive ketones (excluding diaryl/α,β-unsaturated/α-hetero) is 1. The van der Waals surface area contributed by atoms with Crippen LogP contribution in [0.1, 0.15) is 48.2 Å². The van der Waals surface area contributed by atoms with Gasteiger partial charge in [-0.3, -0.25) is 14.6 Å². The zero-order chi connectivity index (χ0) is 22.8. The van der Waals surface area contributed by atoms with Gasteiger partial charge in [0.25, 0.3) is 11.7 Å². The summed E-state index contributed by atoms with van der Waals surface area (Å²) < 4.78 is 13.4. The molecule has 1 aliphatic rings. The molecule has 1 unspecified atom stereocenters. The summed E-state index contributed by atoms with van der Waals surface area (Å²) in [5.74, 6) is -1.95. The van der Waals surface area contributed by atoms with Gasteiger partial charge in [0.15, 0.2) is 0 Å². The van der Waals surface area contributed by atoms with Crippen LogP contribution in [-0.2, 0) is 16.1 Å². The third kappa shape index (κ3) is 4.04. The van der Waals surface area contributed by atoms with Gasteiger partial charge in [-0.25, -0.2) is 4.39 Å². The van der Waals surface area contributed by atoms with Crippen LogP contribution in [0.4, 0.5) is 4.39 Å². The number of hydrogen-bond acceptors (Lipinski definition) is 4. The molecule has 1 atom stereocenters. The highest BCUT2D eigenvalue weighted by Gasteiger charge is 2.46. The summed E-state index contributed by atoms with van der Waals surface area (Å²) in [5.41, 5.74) is 2.70. The molecule has 2 aromatic carbocycles. The Kier molecular flexibility index (Phi) is 5.86. The Balaban J connectivity index is 1.84. The van der Waals surface area contributed by atoms with Gasteiger partial charge in [-0.15, -0.1) is 0 Å². The molecule has 0 saturated carbocycles. The minimum atomic E-state index is -0.789. The Hall–Kier alpha value is -3.80. The van der Waals surface area contributed by atoms with Crippen LogP contribution in [-0.4, -0.2) is 26.7 Å². The Morgan fingerprint density at radius 2 is 1.72 bits per heavy atom. The largest absolute Gasteiger partial charge is 0.507 e. The van der Waals surface area contributed by atoms with Crippen molar-refractivity contribution in [1.82, 2.24) is 9.88 Å². The maximum atomic E-state index is 13.4. The van der Waals surface area contributed by atoms with Crippen LogP contribution in [0.25, 0.3) is 5.76 Å². The third-order valence-electron chi connectivity index (χ3n) is 5.63. The second-order valence-electron chi connectivity index (χ2n) is 8.08. The maximum absolute atomic E-state index is 13.4. The molecule has 1 N–H and O–H groups in total. The summed E-state index contributed by atoms with van der Waals surface area (Å²) >= 11 is 0. The van der Waals surface area contributed by atoms with Crippen LogP contribution in [0, 0.1) is 5.82 Å². The van der Waals surface area contributed by atoms with Crippen LogP contribution in [0.15, 0.2) is 78.5 Å². The Bertz CT molecular complexity index is 1170. The lowest BCUT2D eigenvalue weighted by Gasteiger charge is -2.25. The minimum absolute atomic E-state index is 0.0187. The fourth-order valence-electron chi connectivity index (χ4n) is 3.88. The highest BCUT2D eigenvalue weighted by molar-refractivity contribution is 6.46. The first kappa shape index (κ1) is 21.4. The van der Waals surface area contributed by atoms with Crippen molar-refractivity contribution in [1.29, 1.82) is 0 Å². The first-order valence-corrected chi connectivity index (χ1v) is 10.4. The summed E-state index contributed by atoms with van der Waals surface area (Å²) in [7, 11) is 0. The van der Waals surface area contributed by atoms with E-state index in [1.807, 2.05) is 30.3 Å². The molecule has 1 fully saturated rings. The molecule has 0 aliphatic carbocycles. The molecule has 6 heteroatoms. The van der Waals surface area contributed by atoms with E-state index in [1.165, 1.54) is 29.2 Å². The Labute approximate surface area is 185 Å². The third-order valence-corrected chi connectivity index (χ3v) is 5.63. The number of halogens is 1. The topological polar surface area (TPSA) is 70.5 Å². The lowest BCUT2D eigenvalue weighted by Crippen LogP contribution is -2.29. The van der Waals surface area contributed by atoms with Crippen molar-refractivity contribution < 1.29 is 19.1 Å². The van der Waals surface area contributed by atoms with Gasteiger partial charge in [0.2, 0.25) is 0 Å². The molecule has 1 saturated heterocycles. The highest BCUT2D eigenvalue weighted by atomic mass is 19.1. The number of aliphatic hydroxyl groups excluding tert-OH is 1. The van der Waals surface area contributed by atoms with Gasteiger partial charge in [-0.1, -0.05) is 44.2 Å². The average molecular weight is 430 g/mol. The van der Waals surface area contributed by atoms with Gasteiger partial charge >= 0.3 is 0 Å². The molecular formula is C26H23FN2O3. The number of carbonyl (C=O) groups excluding carboxylic acids is 2. The standard InChI is InChI=1S/C26H23FN2O3/c1-16(2)17-6-8-18(9-7-17)23-22(24(30)19-10-12-20(27)13-11-19)25(31)26(32)29(23)15-21-5-3-4-14-28-21/h3-14,16,23,30H,15H2,1-2H3/b24-22+. The van der Waals surface area contributed by atoms with E-state index in [-0.39, 0.29) is 23.4 Å². The Morgan fingerprint density at radius 1 is 1.03 bits per heavy atom. The first-order chi connectivity index (χ1) is 15.4. The van der Waals surface area contributed by atoms with E-state index < -0.39 is 23.5 Å². The molecule has 32 heavy (non-hydrogen) atoms. The van der Waals surface area contributed by atoms with Gasteiger partial charge in [0.05, 0.1) is 23.9 Å². The van der Waals surface area contributed by atoms with Crippen molar-refractivity contribution in [2.45, 2.75) is 32.4 Å². The summed E-state index contributed by atoms with van der Waals surface area (Å²) in [6.07, 6.45) is 1.62. The number of carbonyl (C=O) groups is 2. The molecule has 162 valence electrons. The van der Waals surface area contributed by atoms with Gasteiger partial charge in [0.1, 0.15) is 11.6 Å². The first-order valence-electron chi connectivity index (χ1n) is 10.4. The number of aromatic nitrogens is 1. The molecule has 1 aliphatic heterocycles. The predicted molar refractivity (Wildman–Crippen MR) is 119 cm³/mol. The fourth-order valence-corrected chi connectivity index (χ4v) is 3.88. The predicted octanol–water partition coefficient (Wildman–Crippen LogP) is 4.97. The van der Waals surface area contributed by atoms with E-state index in [0.29, 0.717) is 17.2 Å². The van der Waals surface area contributed by atoms with Crippen molar-refractivity contribution in [3.63, 3.8) is 0 Å². The number of pyridine rings is 1. The SMILES string of the molecule is CC(C)c1ccc(C2/C(=C(\O)c3ccc(F)cc3)C(=O)C(=O)N2Cc2ccccn2)cc1.